The first-order valence-electron chi connectivity index (χ1n) is 4.03. The summed E-state index contributed by atoms with van der Waals surface area (Å²) in [7, 11) is 0. The number of ether oxygens (including phenoxy) is 1. The molecule has 0 saturated carbocycles. The molecular formula is C8H4ClF5INO. The average Bonchev–Trinajstić information content (AvgIpc) is 2.18. The molecule has 1 heterocycles. The van der Waals surface area contributed by atoms with Gasteiger partial charge in [-0.25, -0.2) is 8.78 Å². The van der Waals surface area contributed by atoms with Crippen LogP contribution in [0, 0.1) is 3.57 Å². The molecule has 0 atom stereocenters. The lowest BCUT2D eigenvalue weighted by atomic mass is 10.2. The highest BCUT2D eigenvalue weighted by molar-refractivity contribution is 14.1. The van der Waals surface area contributed by atoms with Crippen LogP contribution in [0.1, 0.15) is 17.7 Å². The molecule has 9 heteroatoms. The van der Waals surface area contributed by atoms with Gasteiger partial charge in [0.15, 0.2) is 5.75 Å². The predicted octanol–water partition coefficient (Wildman–Crippen LogP) is 4.26. The summed E-state index contributed by atoms with van der Waals surface area (Å²) in [5.41, 5.74) is -0.864. The summed E-state index contributed by atoms with van der Waals surface area (Å²) in [5.74, 6) is -1.05. The Kier molecular flexibility index (Phi) is 4.76. The maximum atomic E-state index is 12.4. The first kappa shape index (κ1) is 14.7. The summed E-state index contributed by atoms with van der Waals surface area (Å²) in [6.07, 6.45) is -7.11. The summed E-state index contributed by atoms with van der Waals surface area (Å²) in [5, 5.41) is 0. The maximum absolute atomic E-state index is 12.4. The Labute approximate surface area is 111 Å². The standard InChI is InChI=1S/C8H4ClF5INO/c9-1-3-2-16-5(7(10)11)4(15)6(3)17-8(12,13)14/h2,7H,1H2. The molecule has 1 aromatic rings. The summed E-state index contributed by atoms with van der Waals surface area (Å²) in [6.45, 7) is 0. The van der Waals surface area contributed by atoms with E-state index in [0.29, 0.717) is 0 Å². The molecule has 0 spiro atoms. The molecule has 96 valence electrons. The topological polar surface area (TPSA) is 22.1 Å². The van der Waals surface area contributed by atoms with E-state index in [0.717, 1.165) is 6.20 Å². The molecule has 1 aromatic heterocycles. The van der Waals surface area contributed by atoms with Gasteiger partial charge in [-0.05, 0) is 22.6 Å². The minimum atomic E-state index is -4.97. The lowest BCUT2D eigenvalue weighted by Gasteiger charge is -2.15. The number of pyridine rings is 1. The van der Waals surface area contributed by atoms with Crippen LogP contribution in [0.25, 0.3) is 0 Å². The summed E-state index contributed by atoms with van der Waals surface area (Å²) >= 11 is 6.71. The fourth-order valence-electron chi connectivity index (χ4n) is 0.993. The number of alkyl halides is 6. The number of nitrogens with zero attached hydrogens (tertiary/aromatic N) is 1. The van der Waals surface area contributed by atoms with Gasteiger partial charge >= 0.3 is 6.36 Å². The van der Waals surface area contributed by atoms with Gasteiger partial charge in [0, 0.05) is 11.8 Å². The van der Waals surface area contributed by atoms with Crippen molar-refractivity contribution >= 4 is 34.2 Å². The Morgan fingerprint density at radius 3 is 2.41 bits per heavy atom. The highest BCUT2D eigenvalue weighted by atomic mass is 127. The minimum Gasteiger partial charge on any atom is -0.404 e. The Hall–Kier alpha value is -0.380. The van der Waals surface area contributed by atoms with Crippen LogP contribution in [0.4, 0.5) is 22.0 Å². The van der Waals surface area contributed by atoms with Crippen molar-refractivity contribution < 1.29 is 26.7 Å². The minimum absolute atomic E-state index is 0.0993. The van der Waals surface area contributed by atoms with Crippen molar-refractivity contribution in [2.75, 3.05) is 0 Å². The Bertz CT molecular complexity index is 412. The van der Waals surface area contributed by atoms with E-state index < -0.39 is 27.8 Å². The van der Waals surface area contributed by atoms with Gasteiger partial charge in [-0.2, -0.15) is 0 Å². The van der Waals surface area contributed by atoms with Crippen molar-refractivity contribution in [2.45, 2.75) is 18.7 Å². The zero-order chi connectivity index (χ0) is 13.2. The van der Waals surface area contributed by atoms with E-state index in [9.17, 15) is 22.0 Å². The average molecular weight is 387 g/mol. The number of halogens is 7. The highest BCUT2D eigenvalue weighted by Gasteiger charge is 2.34. The van der Waals surface area contributed by atoms with E-state index in [1.807, 2.05) is 0 Å². The Morgan fingerprint density at radius 1 is 1.41 bits per heavy atom. The molecule has 0 N–H and O–H groups in total. The molecule has 0 aliphatic rings. The van der Waals surface area contributed by atoms with Gasteiger partial charge in [-0.15, -0.1) is 24.8 Å². The monoisotopic (exact) mass is 387 g/mol. The lowest BCUT2D eigenvalue weighted by Crippen LogP contribution is -2.19. The zero-order valence-electron chi connectivity index (χ0n) is 7.86. The van der Waals surface area contributed by atoms with Gasteiger partial charge in [-0.1, -0.05) is 0 Å². The van der Waals surface area contributed by atoms with E-state index in [4.69, 9.17) is 11.6 Å². The largest absolute Gasteiger partial charge is 0.573 e. The molecule has 0 fully saturated rings. The lowest BCUT2D eigenvalue weighted by molar-refractivity contribution is -0.275. The van der Waals surface area contributed by atoms with E-state index in [1.54, 1.807) is 0 Å². The Balaban J connectivity index is 3.28. The molecule has 0 aromatic carbocycles. The van der Waals surface area contributed by atoms with Crippen LogP contribution in [0.5, 0.6) is 5.75 Å². The van der Waals surface area contributed by atoms with Gasteiger partial charge < -0.3 is 4.74 Å². The highest BCUT2D eigenvalue weighted by Crippen LogP contribution is 2.36. The zero-order valence-corrected chi connectivity index (χ0v) is 10.8. The third kappa shape index (κ3) is 3.80. The van der Waals surface area contributed by atoms with Crippen molar-refractivity contribution in [1.82, 2.24) is 4.98 Å². The molecule has 0 aliphatic heterocycles. The van der Waals surface area contributed by atoms with Gasteiger partial charge in [0.05, 0.1) is 9.45 Å². The van der Waals surface area contributed by atoms with Crippen molar-refractivity contribution in [2.24, 2.45) is 0 Å². The quantitative estimate of drug-likeness (QED) is 0.439. The Morgan fingerprint density at radius 2 is 2.00 bits per heavy atom. The number of hydrogen-bond acceptors (Lipinski definition) is 2. The van der Waals surface area contributed by atoms with Gasteiger partial charge in [0.1, 0.15) is 5.69 Å². The summed E-state index contributed by atoms with van der Waals surface area (Å²) in [4.78, 5) is 3.35. The van der Waals surface area contributed by atoms with Crippen LogP contribution in [0.3, 0.4) is 0 Å². The molecule has 0 amide bonds. The van der Waals surface area contributed by atoms with Crippen molar-refractivity contribution in [3.8, 4) is 5.75 Å². The van der Waals surface area contributed by atoms with E-state index >= 15 is 0 Å². The predicted molar refractivity (Wildman–Crippen MR) is 58.2 cm³/mol. The van der Waals surface area contributed by atoms with Gasteiger partial charge in [-0.3, -0.25) is 4.98 Å². The van der Waals surface area contributed by atoms with Crippen LogP contribution >= 0.6 is 34.2 Å². The molecule has 0 saturated heterocycles. The normalized spacial score (nSPS) is 12.0. The van der Waals surface area contributed by atoms with Gasteiger partial charge in [0.2, 0.25) is 0 Å². The van der Waals surface area contributed by atoms with Crippen molar-refractivity contribution in [3.63, 3.8) is 0 Å². The number of hydrogen-bond donors (Lipinski definition) is 0. The molecular weight excluding hydrogens is 383 g/mol. The molecule has 1 rings (SSSR count). The number of rotatable bonds is 3. The first-order valence-corrected chi connectivity index (χ1v) is 5.64. The molecule has 2 nitrogen and oxygen atoms in total. The molecule has 0 bridgehead atoms. The van der Waals surface area contributed by atoms with Crippen LogP contribution in [0.15, 0.2) is 6.20 Å². The molecule has 0 radical (unpaired) electrons. The third-order valence-electron chi connectivity index (χ3n) is 1.64. The molecule has 0 aliphatic carbocycles. The van der Waals surface area contributed by atoms with Gasteiger partial charge in [0.25, 0.3) is 6.43 Å². The first-order chi connectivity index (χ1) is 7.76. The third-order valence-corrected chi connectivity index (χ3v) is 2.97. The number of aromatic nitrogens is 1. The van der Waals surface area contributed by atoms with Crippen LogP contribution in [-0.2, 0) is 5.88 Å². The second-order valence-corrected chi connectivity index (χ2v) is 4.14. The smallest absolute Gasteiger partial charge is 0.404 e. The molecule has 17 heavy (non-hydrogen) atoms. The van der Waals surface area contributed by atoms with Crippen LogP contribution < -0.4 is 4.74 Å². The SMILES string of the molecule is FC(F)c1ncc(CCl)c(OC(F)(F)F)c1I. The van der Waals surface area contributed by atoms with E-state index in [2.05, 4.69) is 9.72 Å². The summed E-state index contributed by atoms with van der Waals surface area (Å²) < 4.78 is 64.4. The second-order valence-electron chi connectivity index (χ2n) is 2.79. The van der Waals surface area contributed by atoms with E-state index in [-0.39, 0.29) is 11.4 Å². The van der Waals surface area contributed by atoms with Crippen LogP contribution in [-0.4, -0.2) is 11.3 Å². The summed E-state index contributed by atoms with van der Waals surface area (Å²) in [6, 6.07) is 0. The fraction of sp³-hybridized carbons (Fsp3) is 0.375. The maximum Gasteiger partial charge on any atom is 0.573 e. The van der Waals surface area contributed by atoms with Crippen molar-refractivity contribution in [1.29, 1.82) is 0 Å². The molecule has 0 unspecified atom stereocenters. The van der Waals surface area contributed by atoms with E-state index in [1.165, 1.54) is 22.6 Å². The second kappa shape index (κ2) is 5.51. The van der Waals surface area contributed by atoms with Crippen molar-refractivity contribution in [3.05, 3.63) is 21.0 Å². The fourth-order valence-corrected chi connectivity index (χ4v) is 2.01. The van der Waals surface area contributed by atoms with Crippen LogP contribution in [0.2, 0.25) is 0 Å².